The molecule has 132 valence electrons. The van der Waals surface area contributed by atoms with Crippen LogP contribution in [0.5, 0.6) is 5.75 Å². The van der Waals surface area contributed by atoms with Crippen LogP contribution >= 0.6 is 0 Å². The second-order valence-corrected chi connectivity index (χ2v) is 6.68. The van der Waals surface area contributed by atoms with Crippen molar-refractivity contribution in [2.24, 2.45) is 0 Å². The Morgan fingerprint density at radius 1 is 1.12 bits per heavy atom. The molecule has 1 N–H and O–H groups in total. The van der Waals surface area contributed by atoms with Crippen molar-refractivity contribution in [3.8, 4) is 5.75 Å². The minimum atomic E-state index is 0.289. The van der Waals surface area contributed by atoms with Gasteiger partial charge in [-0.2, -0.15) is 0 Å². The quantitative estimate of drug-likeness (QED) is 0.769. The van der Waals surface area contributed by atoms with Crippen molar-refractivity contribution in [2.45, 2.75) is 25.9 Å². The minimum Gasteiger partial charge on any atom is -0.508 e. The van der Waals surface area contributed by atoms with Crippen molar-refractivity contribution in [2.75, 3.05) is 7.05 Å². The Morgan fingerprint density at radius 3 is 2.88 bits per heavy atom. The van der Waals surface area contributed by atoms with Crippen molar-refractivity contribution < 1.29 is 5.11 Å². The highest BCUT2D eigenvalue weighted by Gasteiger charge is 2.17. The molecule has 0 unspecified atom stereocenters. The lowest BCUT2D eigenvalue weighted by Gasteiger charge is -2.22. The van der Waals surface area contributed by atoms with Crippen molar-refractivity contribution in [1.29, 1.82) is 0 Å². The second kappa shape index (κ2) is 7.14. The Kier molecular flexibility index (Phi) is 4.54. The highest BCUT2D eigenvalue weighted by atomic mass is 16.3. The molecule has 5 heteroatoms. The molecule has 0 bridgehead atoms. The van der Waals surface area contributed by atoms with Crippen LogP contribution in [0.1, 0.15) is 29.1 Å². The predicted octanol–water partition coefficient (Wildman–Crippen LogP) is 3.45. The maximum atomic E-state index is 10.0. The Bertz CT molecular complexity index is 930. The van der Waals surface area contributed by atoms with E-state index in [4.69, 9.17) is 0 Å². The van der Waals surface area contributed by atoms with Crippen LogP contribution in [0.25, 0.3) is 5.70 Å². The molecule has 1 aliphatic rings. The van der Waals surface area contributed by atoms with Crippen molar-refractivity contribution >= 4 is 5.70 Å². The molecule has 1 aromatic carbocycles. The van der Waals surface area contributed by atoms with Gasteiger partial charge in [0.15, 0.2) is 0 Å². The van der Waals surface area contributed by atoms with Crippen LogP contribution in [-0.4, -0.2) is 31.6 Å². The van der Waals surface area contributed by atoms with E-state index >= 15 is 0 Å². The fraction of sp³-hybridized carbons (Fsp3) is 0.238. The topological polar surface area (TPSA) is 54.2 Å². The molecule has 5 nitrogen and oxygen atoms in total. The van der Waals surface area contributed by atoms with Gasteiger partial charge in [0.25, 0.3) is 0 Å². The first-order valence-electron chi connectivity index (χ1n) is 8.84. The van der Waals surface area contributed by atoms with Gasteiger partial charge in [0, 0.05) is 43.7 Å². The summed E-state index contributed by atoms with van der Waals surface area (Å²) in [4.78, 5) is 11.1. The number of fused-ring (bicyclic) bond motifs is 1. The van der Waals surface area contributed by atoms with Gasteiger partial charge in [0.2, 0.25) is 0 Å². The number of aromatic nitrogens is 3. The molecule has 2 aromatic heterocycles. The summed E-state index contributed by atoms with van der Waals surface area (Å²) in [5.41, 5.74) is 4.40. The molecule has 26 heavy (non-hydrogen) atoms. The second-order valence-electron chi connectivity index (χ2n) is 6.68. The van der Waals surface area contributed by atoms with Gasteiger partial charge < -0.3 is 9.67 Å². The van der Waals surface area contributed by atoms with Crippen molar-refractivity contribution in [1.82, 2.24) is 19.4 Å². The van der Waals surface area contributed by atoms with E-state index in [1.54, 1.807) is 6.07 Å². The van der Waals surface area contributed by atoms with E-state index in [0.29, 0.717) is 0 Å². The van der Waals surface area contributed by atoms with Crippen molar-refractivity contribution in [3.05, 3.63) is 83.7 Å². The molecule has 4 rings (SSSR count). The standard InChI is InChI=1S/C21H22N4O/c1-24(15-17-5-2-3-10-22-17)14-16-13-18(26)8-9-19(16)20-6-4-7-21-23-11-12-25(20)21/h2-3,5-6,8-13,26H,4,7,14-15H2,1H3. The van der Waals surface area contributed by atoms with Crippen LogP contribution in [0.15, 0.2) is 61.1 Å². The van der Waals surface area contributed by atoms with Crippen LogP contribution in [0.4, 0.5) is 0 Å². The van der Waals surface area contributed by atoms with E-state index in [9.17, 15) is 5.11 Å². The average Bonchev–Trinajstić information content (AvgIpc) is 3.12. The van der Waals surface area contributed by atoms with E-state index in [-0.39, 0.29) is 5.75 Å². The zero-order valence-electron chi connectivity index (χ0n) is 14.8. The first-order chi connectivity index (χ1) is 12.7. The van der Waals surface area contributed by atoms with Gasteiger partial charge in [-0.3, -0.25) is 9.88 Å². The van der Waals surface area contributed by atoms with Gasteiger partial charge in [-0.15, -0.1) is 0 Å². The number of aromatic hydroxyl groups is 1. The maximum absolute atomic E-state index is 10.0. The minimum absolute atomic E-state index is 0.289. The predicted molar refractivity (Wildman–Crippen MR) is 101 cm³/mol. The molecule has 1 aliphatic heterocycles. The Labute approximate surface area is 153 Å². The number of allylic oxidation sites excluding steroid dienone is 1. The molecule has 0 aliphatic carbocycles. The number of rotatable bonds is 5. The molecule has 3 heterocycles. The van der Waals surface area contributed by atoms with Gasteiger partial charge in [-0.25, -0.2) is 4.98 Å². The molecule has 0 atom stereocenters. The fourth-order valence-corrected chi connectivity index (χ4v) is 3.49. The van der Waals surface area contributed by atoms with E-state index in [2.05, 4.69) is 32.6 Å². The fourth-order valence-electron chi connectivity index (χ4n) is 3.49. The number of phenolic OH excluding ortho intramolecular Hbond substituents is 1. The summed E-state index contributed by atoms with van der Waals surface area (Å²) in [6.45, 7) is 1.48. The maximum Gasteiger partial charge on any atom is 0.115 e. The number of benzene rings is 1. The van der Waals surface area contributed by atoms with Gasteiger partial charge in [-0.1, -0.05) is 12.1 Å². The number of phenols is 1. The lowest BCUT2D eigenvalue weighted by molar-refractivity contribution is 0.314. The number of imidazole rings is 1. The Balaban J connectivity index is 1.63. The molecular formula is C21H22N4O. The number of nitrogens with zero attached hydrogens (tertiary/aromatic N) is 4. The molecule has 0 fully saturated rings. The highest BCUT2D eigenvalue weighted by molar-refractivity contribution is 5.70. The van der Waals surface area contributed by atoms with Crippen LogP contribution in [0.2, 0.25) is 0 Å². The van der Waals surface area contributed by atoms with Gasteiger partial charge in [-0.05, 0) is 49.4 Å². The number of pyridine rings is 1. The third kappa shape index (κ3) is 3.39. The molecule has 0 saturated heterocycles. The SMILES string of the molecule is CN(Cc1ccccn1)Cc1cc(O)ccc1C1=CCCc2nccn21. The van der Waals surface area contributed by atoms with Crippen molar-refractivity contribution in [3.63, 3.8) is 0 Å². The van der Waals surface area contributed by atoms with E-state index < -0.39 is 0 Å². The number of aryl methyl sites for hydroxylation is 1. The van der Waals surface area contributed by atoms with E-state index in [0.717, 1.165) is 54.3 Å². The first-order valence-corrected chi connectivity index (χ1v) is 8.84. The normalized spacial score (nSPS) is 13.5. The average molecular weight is 346 g/mol. The van der Waals surface area contributed by atoms with Gasteiger partial charge >= 0.3 is 0 Å². The third-order valence-corrected chi connectivity index (χ3v) is 4.65. The number of hydrogen-bond donors (Lipinski definition) is 1. The molecule has 0 spiro atoms. The van der Waals surface area contributed by atoms with Crippen LogP contribution < -0.4 is 0 Å². The Morgan fingerprint density at radius 2 is 2.04 bits per heavy atom. The molecule has 0 radical (unpaired) electrons. The first kappa shape index (κ1) is 16.5. The summed E-state index contributed by atoms with van der Waals surface area (Å²) in [7, 11) is 2.07. The van der Waals surface area contributed by atoms with Gasteiger partial charge in [0.05, 0.1) is 11.4 Å². The smallest absolute Gasteiger partial charge is 0.115 e. The largest absolute Gasteiger partial charge is 0.508 e. The lowest BCUT2D eigenvalue weighted by atomic mass is 10.00. The summed E-state index contributed by atoms with van der Waals surface area (Å²) in [6.07, 6.45) is 9.87. The summed E-state index contributed by atoms with van der Waals surface area (Å²) < 4.78 is 2.15. The third-order valence-electron chi connectivity index (χ3n) is 4.65. The number of hydrogen-bond acceptors (Lipinski definition) is 4. The molecule has 0 saturated carbocycles. The van der Waals surface area contributed by atoms with Crippen LogP contribution in [-0.2, 0) is 19.5 Å². The zero-order valence-corrected chi connectivity index (χ0v) is 14.8. The monoisotopic (exact) mass is 346 g/mol. The van der Waals surface area contributed by atoms with Crippen LogP contribution in [0, 0.1) is 0 Å². The molecular weight excluding hydrogens is 324 g/mol. The lowest BCUT2D eigenvalue weighted by Crippen LogP contribution is -2.19. The summed E-state index contributed by atoms with van der Waals surface area (Å²) in [5.74, 6) is 1.38. The summed E-state index contributed by atoms with van der Waals surface area (Å²) in [6, 6.07) is 11.6. The zero-order chi connectivity index (χ0) is 17.9. The van der Waals surface area contributed by atoms with E-state index in [1.165, 1.54) is 0 Å². The Hall–Kier alpha value is -2.92. The summed E-state index contributed by atoms with van der Waals surface area (Å²) in [5, 5.41) is 10.0. The van der Waals surface area contributed by atoms with Crippen LogP contribution in [0.3, 0.4) is 0 Å². The summed E-state index contributed by atoms with van der Waals surface area (Å²) >= 11 is 0. The van der Waals surface area contributed by atoms with Gasteiger partial charge in [0.1, 0.15) is 11.6 Å². The molecule has 3 aromatic rings. The highest BCUT2D eigenvalue weighted by Crippen LogP contribution is 2.29. The van der Waals surface area contributed by atoms with E-state index in [1.807, 2.05) is 48.9 Å². The molecule has 0 amide bonds.